The van der Waals surface area contributed by atoms with Crippen molar-refractivity contribution in [3.8, 4) is 5.75 Å². The van der Waals surface area contributed by atoms with E-state index in [1.807, 2.05) is 42.2 Å². The molecule has 2 N–H and O–H groups in total. The van der Waals surface area contributed by atoms with Crippen LogP contribution in [0.2, 0.25) is 0 Å². The molecule has 1 fully saturated rings. The Hall–Kier alpha value is -3.23. The number of ether oxygens (including phenoxy) is 2. The fourth-order valence-corrected chi connectivity index (χ4v) is 3.08. The lowest BCUT2D eigenvalue weighted by atomic mass is 10.1. The van der Waals surface area contributed by atoms with Gasteiger partial charge in [-0.15, -0.1) is 0 Å². The van der Waals surface area contributed by atoms with Crippen LogP contribution in [0.3, 0.4) is 0 Å². The lowest BCUT2D eigenvalue weighted by Crippen LogP contribution is -2.42. The highest BCUT2D eigenvalue weighted by Crippen LogP contribution is 2.13. The standard InChI is InChI=1S/C23H28N4O4/c1-18(20-5-3-2-4-6-20)25-23(29)17-31-21-9-7-19(8-10-21)15-24-26-22(28)16-27-11-13-30-14-12-27/h2-10,15,18H,11-14,16-17H2,1H3,(H,25,29)(H,26,28)/b24-15-/t18-/m1/s1. The second-order valence-electron chi connectivity index (χ2n) is 7.24. The molecule has 164 valence electrons. The summed E-state index contributed by atoms with van der Waals surface area (Å²) in [5.41, 5.74) is 4.37. The van der Waals surface area contributed by atoms with Gasteiger partial charge in [-0.2, -0.15) is 5.10 Å². The molecule has 0 aromatic heterocycles. The first-order chi connectivity index (χ1) is 15.1. The predicted molar refractivity (Wildman–Crippen MR) is 118 cm³/mol. The fourth-order valence-electron chi connectivity index (χ4n) is 3.08. The monoisotopic (exact) mass is 424 g/mol. The number of nitrogens with zero attached hydrogens (tertiary/aromatic N) is 2. The maximum Gasteiger partial charge on any atom is 0.258 e. The summed E-state index contributed by atoms with van der Waals surface area (Å²) >= 11 is 0. The Balaban J connectivity index is 1.37. The van der Waals surface area contributed by atoms with Crippen molar-refractivity contribution in [2.45, 2.75) is 13.0 Å². The summed E-state index contributed by atoms with van der Waals surface area (Å²) in [4.78, 5) is 26.0. The summed E-state index contributed by atoms with van der Waals surface area (Å²) < 4.78 is 10.8. The maximum absolute atomic E-state index is 12.1. The van der Waals surface area contributed by atoms with E-state index in [9.17, 15) is 9.59 Å². The molecule has 3 rings (SSSR count). The number of hydrazone groups is 1. The highest BCUT2D eigenvalue weighted by Gasteiger charge is 2.13. The molecular weight excluding hydrogens is 396 g/mol. The fraction of sp³-hybridized carbons (Fsp3) is 0.348. The second-order valence-corrected chi connectivity index (χ2v) is 7.24. The summed E-state index contributed by atoms with van der Waals surface area (Å²) in [6, 6.07) is 16.8. The first-order valence-electron chi connectivity index (χ1n) is 10.3. The Morgan fingerprint density at radius 3 is 2.52 bits per heavy atom. The van der Waals surface area contributed by atoms with Gasteiger partial charge >= 0.3 is 0 Å². The maximum atomic E-state index is 12.1. The number of hydrogen-bond donors (Lipinski definition) is 2. The van der Waals surface area contributed by atoms with E-state index < -0.39 is 0 Å². The van der Waals surface area contributed by atoms with Gasteiger partial charge in [0.2, 0.25) is 0 Å². The van der Waals surface area contributed by atoms with Gasteiger partial charge in [-0.3, -0.25) is 14.5 Å². The molecule has 0 aliphatic carbocycles. The molecule has 0 radical (unpaired) electrons. The third kappa shape index (κ3) is 7.84. The smallest absolute Gasteiger partial charge is 0.258 e. The number of amides is 2. The topological polar surface area (TPSA) is 92.3 Å². The molecule has 1 aliphatic rings. The van der Waals surface area contributed by atoms with Crippen LogP contribution in [-0.4, -0.2) is 62.4 Å². The number of morpholine rings is 1. The van der Waals surface area contributed by atoms with E-state index in [1.165, 1.54) is 0 Å². The van der Waals surface area contributed by atoms with Gasteiger partial charge in [0.15, 0.2) is 6.61 Å². The minimum atomic E-state index is -0.190. The van der Waals surface area contributed by atoms with E-state index in [2.05, 4.69) is 15.8 Å². The molecule has 0 bridgehead atoms. The van der Waals surface area contributed by atoms with Crippen molar-refractivity contribution in [3.05, 3.63) is 65.7 Å². The summed E-state index contributed by atoms with van der Waals surface area (Å²) in [6.07, 6.45) is 1.56. The van der Waals surface area contributed by atoms with Crippen LogP contribution in [0.1, 0.15) is 24.1 Å². The van der Waals surface area contributed by atoms with Crippen LogP contribution in [0.4, 0.5) is 0 Å². The molecule has 31 heavy (non-hydrogen) atoms. The van der Waals surface area contributed by atoms with Gasteiger partial charge in [-0.25, -0.2) is 5.43 Å². The zero-order valence-electron chi connectivity index (χ0n) is 17.6. The average molecular weight is 425 g/mol. The molecule has 1 heterocycles. The predicted octanol–water partition coefficient (Wildman–Crippen LogP) is 1.73. The van der Waals surface area contributed by atoms with E-state index in [0.29, 0.717) is 25.5 Å². The number of benzene rings is 2. The largest absolute Gasteiger partial charge is 0.484 e. The van der Waals surface area contributed by atoms with Crippen molar-refractivity contribution in [3.63, 3.8) is 0 Å². The van der Waals surface area contributed by atoms with Gasteiger partial charge in [0.1, 0.15) is 5.75 Å². The molecule has 0 spiro atoms. The van der Waals surface area contributed by atoms with E-state index in [4.69, 9.17) is 9.47 Å². The second kappa shape index (κ2) is 11.8. The number of carbonyl (C=O) groups excluding carboxylic acids is 2. The van der Waals surface area contributed by atoms with Crippen LogP contribution in [0, 0.1) is 0 Å². The summed E-state index contributed by atoms with van der Waals surface area (Å²) in [5.74, 6) is 0.231. The van der Waals surface area contributed by atoms with Crippen molar-refractivity contribution in [1.82, 2.24) is 15.6 Å². The summed E-state index contributed by atoms with van der Waals surface area (Å²) in [7, 11) is 0. The third-order valence-corrected chi connectivity index (χ3v) is 4.80. The van der Waals surface area contributed by atoms with E-state index in [0.717, 1.165) is 24.2 Å². The molecular formula is C23H28N4O4. The molecule has 2 aromatic carbocycles. The summed E-state index contributed by atoms with van der Waals surface area (Å²) in [6.45, 7) is 4.97. The molecule has 2 amide bonds. The zero-order valence-corrected chi connectivity index (χ0v) is 17.6. The third-order valence-electron chi connectivity index (χ3n) is 4.80. The van der Waals surface area contributed by atoms with Gasteiger partial charge in [0.05, 0.1) is 32.0 Å². The highest BCUT2D eigenvalue weighted by molar-refractivity contribution is 5.83. The molecule has 0 unspecified atom stereocenters. The van der Waals surface area contributed by atoms with E-state index in [1.54, 1.807) is 30.5 Å². The van der Waals surface area contributed by atoms with Crippen molar-refractivity contribution in [2.24, 2.45) is 5.10 Å². The number of hydrogen-bond acceptors (Lipinski definition) is 6. The molecule has 1 aliphatic heterocycles. The molecule has 1 saturated heterocycles. The van der Waals surface area contributed by atoms with Crippen molar-refractivity contribution in [2.75, 3.05) is 39.5 Å². The Morgan fingerprint density at radius 2 is 1.81 bits per heavy atom. The highest BCUT2D eigenvalue weighted by atomic mass is 16.5. The van der Waals surface area contributed by atoms with Crippen molar-refractivity contribution >= 4 is 18.0 Å². The SMILES string of the molecule is C[C@@H](NC(=O)COc1ccc(/C=N\NC(=O)CN2CCOCC2)cc1)c1ccccc1. The van der Waals surface area contributed by atoms with Gasteiger partial charge < -0.3 is 14.8 Å². The first-order valence-corrected chi connectivity index (χ1v) is 10.3. The number of rotatable bonds is 9. The molecule has 0 saturated carbocycles. The molecule has 2 aromatic rings. The van der Waals surface area contributed by atoms with E-state index >= 15 is 0 Å². The van der Waals surface area contributed by atoms with Gasteiger partial charge in [0.25, 0.3) is 11.8 Å². The Bertz CT molecular complexity index is 865. The lowest BCUT2D eigenvalue weighted by molar-refractivity contribution is -0.124. The summed E-state index contributed by atoms with van der Waals surface area (Å²) in [5, 5.41) is 6.89. The van der Waals surface area contributed by atoms with Crippen LogP contribution in [0.25, 0.3) is 0 Å². The average Bonchev–Trinajstić information content (AvgIpc) is 2.80. The normalized spacial score (nSPS) is 15.4. The van der Waals surface area contributed by atoms with Crippen molar-refractivity contribution in [1.29, 1.82) is 0 Å². The molecule has 8 nitrogen and oxygen atoms in total. The Kier molecular flexibility index (Phi) is 8.57. The minimum absolute atomic E-state index is 0.0673. The lowest BCUT2D eigenvalue weighted by Gasteiger charge is -2.25. The van der Waals surface area contributed by atoms with Gasteiger partial charge in [-0.05, 0) is 42.3 Å². The van der Waals surface area contributed by atoms with Crippen LogP contribution in [0.15, 0.2) is 59.7 Å². The van der Waals surface area contributed by atoms with Gasteiger partial charge in [-0.1, -0.05) is 30.3 Å². The van der Waals surface area contributed by atoms with E-state index in [-0.39, 0.29) is 24.5 Å². The number of nitrogens with one attached hydrogen (secondary N) is 2. The Labute approximate surface area is 182 Å². The quantitative estimate of drug-likeness (QED) is 0.472. The van der Waals surface area contributed by atoms with Crippen LogP contribution < -0.4 is 15.5 Å². The van der Waals surface area contributed by atoms with Gasteiger partial charge in [0, 0.05) is 13.1 Å². The number of carbonyl (C=O) groups is 2. The van der Waals surface area contributed by atoms with Crippen LogP contribution in [-0.2, 0) is 14.3 Å². The van der Waals surface area contributed by atoms with Crippen LogP contribution >= 0.6 is 0 Å². The Morgan fingerprint density at radius 1 is 1.10 bits per heavy atom. The zero-order chi connectivity index (χ0) is 21.9. The molecule has 8 heteroatoms. The van der Waals surface area contributed by atoms with Crippen LogP contribution in [0.5, 0.6) is 5.75 Å². The first kappa shape index (κ1) is 22.5. The molecule has 1 atom stereocenters. The van der Waals surface area contributed by atoms with Crippen molar-refractivity contribution < 1.29 is 19.1 Å². The minimum Gasteiger partial charge on any atom is -0.484 e.